The number of aromatic amines is 1. The molecular formula is C24H22FN5O2. The molecule has 0 atom stereocenters. The zero-order valence-electron chi connectivity index (χ0n) is 17.4. The van der Waals surface area contributed by atoms with Crippen molar-refractivity contribution < 1.29 is 9.50 Å². The summed E-state index contributed by atoms with van der Waals surface area (Å²) < 4.78 is 13.6. The molecule has 7 nitrogen and oxygen atoms in total. The van der Waals surface area contributed by atoms with Crippen LogP contribution in [0.3, 0.4) is 0 Å². The van der Waals surface area contributed by atoms with Crippen LogP contribution in [0.1, 0.15) is 25.3 Å². The summed E-state index contributed by atoms with van der Waals surface area (Å²) in [6, 6.07) is 14.0. The predicted octanol–water partition coefficient (Wildman–Crippen LogP) is 2.80. The first kappa shape index (κ1) is 21.3. The van der Waals surface area contributed by atoms with Crippen LogP contribution >= 0.6 is 0 Å². The van der Waals surface area contributed by atoms with Gasteiger partial charge < -0.3 is 21.6 Å². The molecule has 0 saturated heterocycles. The standard InChI is InChI=1S/C24H22FN5O2/c1-24(32)10-16(11-24)29-23(28)18(12-26)22(27)14-5-6-17-20(8-14)30-19(9-21(17)31)13-3-2-4-15(25)7-13/h2-9,16,32H,10-11,27H2,1H3,(H2,28,29)(H,30,31)/b22-18-. The second-order valence-corrected chi connectivity index (χ2v) is 8.29. The van der Waals surface area contributed by atoms with Crippen LogP contribution in [0.25, 0.3) is 27.9 Å². The van der Waals surface area contributed by atoms with E-state index >= 15 is 0 Å². The van der Waals surface area contributed by atoms with Crippen molar-refractivity contribution in [2.75, 3.05) is 0 Å². The largest absolute Gasteiger partial charge is 0.397 e. The number of amidine groups is 1. The molecule has 0 spiro atoms. The fourth-order valence-corrected chi connectivity index (χ4v) is 3.94. The minimum Gasteiger partial charge on any atom is -0.397 e. The number of aromatic nitrogens is 1. The van der Waals surface area contributed by atoms with Crippen LogP contribution in [0, 0.1) is 17.1 Å². The van der Waals surface area contributed by atoms with E-state index in [4.69, 9.17) is 11.5 Å². The van der Waals surface area contributed by atoms with Crippen molar-refractivity contribution in [2.24, 2.45) is 16.5 Å². The molecule has 0 radical (unpaired) electrons. The van der Waals surface area contributed by atoms with Gasteiger partial charge in [0, 0.05) is 28.3 Å². The summed E-state index contributed by atoms with van der Waals surface area (Å²) in [5, 5.41) is 19.9. The first-order chi connectivity index (χ1) is 15.2. The molecular weight excluding hydrogens is 409 g/mol. The number of hydrogen-bond acceptors (Lipinski definition) is 5. The van der Waals surface area contributed by atoms with Gasteiger partial charge in [0.05, 0.1) is 22.9 Å². The number of nitrogens with one attached hydrogen (secondary N) is 1. The monoisotopic (exact) mass is 431 g/mol. The molecule has 1 aliphatic rings. The number of nitriles is 1. The van der Waals surface area contributed by atoms with Gasteiger partial charge in [0.15, 0.2) is 5.43 Å². The third kappa shape index (κ3) is 4.11. The molecule has 1 fully saturated rings. The van der Waals surface area contributed by atoms with E-state index in [9.17, 15) is 19.6 Å². The van der Waals surface area contributed by atoms with Gasteiger partial charge in [-0.2, -0.15) is 5.26 Å². The van der Waals surface area contributed by atoms with Crippen molar-refractivity contribution >= 4 is 22.4 Å². The molecule has 2 aromatic carbocycles. The van der Waals surface area contributed by atoms with Crippen LogP contribution in [0.2, 0.25) is 0 Å². The van der Waals surface area contributed by atoms with Gasteiger partial charge in [-0.3, -0.25) is 9.79 Å². The number of aliphatic hydroxyl groups is 1. The number of pyridine rings is 1. The van der Waals surface area contributed by atoms with Crippen molar-refractivity contribution in [1.29, 1.82) is 5.26 Å². The van der Waals surface area contributed by atoms with Crippen LogP contribution in [-0.2, 0) is 0 Å². The first-order valence-corrected chi connectivity index (χ1v) is 10.1. The lowest BCUT2D eigenvalue weighted by molar-refractivity contribution is -0.0280. The third-order valence-corrected chi connectivity index (χ3v) is 5.59. The Bertz CT molecular complexity index is 1370. The molecule has 4 rings (SSSR count). The Hall–Kier alpha value is -3.96. The molecule has 1 saturated carbocycles. The van der Waals surface area contributed by atoms with Crippen LogP contribution in [0.5, 0.6) is 0 Å². The highest BCUT2D eigenvalue weighted by atomic mass is 19.1. The zero-order valence-corrected chi connectivity index (χ0v) is 17.4. The van der Waals surface area contributed by atoms with Crippen LogP contribution in [-0.4, -0.2) is 27.6 Å². The van der Waals surface area contributed by atoms with Crippen LogP contribution < -0.4 is 16.9 Å². The maximum absolute atomic E-state index is 13.6. The van der Waals surface area contributed by atoms with Crippen LogP contribution in [0.15, 0.2) is 63.9 Å². The van der Waals surface area contributed by atoms with Crippen molar-refractivity contribution in [3.63, 3.8) is 0 Å². The molecule has 0 amide bonds. The highest BCUT2D eigenvalue weighted by Gasteiger charge is 2.38. The van der Waals surface area contributed by atoms with Gasteiger partial charge in [0.2, 0.25) is 0 Å². The Morgan fingerprint density at radius 1 is 1.25 bits per heavy atom. The SMILES string of the molecule is CC1(O)CC(N=C(N)/C(C#N)=C(\N)c2ccc3c(=O)cc(-c4cccc(F)c4)[nH]c3c2)C1. The topological polar surface area (TPSA) is 141 Å². The Morgan fingerprint density at radius 2 is 2.00 bits per heavy atom. The summed E-state index contributed by atoms with van der Waals surface area (Å²) in [6.45, 7) is 1.72. The normalized spacial score (nSPS) is 21.6. The number of benzene rings is 2. The molecule has 1 aliphatic carbocycles. The average molecular weight is 431 g/mol. The molecule has 1 heterocycles. The van der Waals surface area contributed by atoms with Crippen molar-refractivity contribution in [2.45, 2.75) is 31.4 Å². The minimum absolute atomic E-state index is 0.00704. The number of rotatable bonds is 4. The van der Waals surface area contributed by atoms with E-state index in [0.29, 0.717) is 40.6 Å². The molecule has 1 aromatic heterocycles. The number of aliphatic imine (C=N–C) groups is 1. The van der Waals surface area contributed by atoms with Crippen LogP contribution in [0.4, 0.5) is 4.39 Å². The van der Waals surface area contributed by atoms with Crippen molar-refractivity contribution in [1.82, 2.24) is 4.98 Å². The van der Waals surface area contributed by atoms with Crippen molar-refractivity contribution in [3.05, 3.63) is 75.7 Å². The lowest BCUT2D eigenvalue weighted by atomic mass is 9.77. The van der Waals surface area contributed by atoms with E-state index in [2.05, 4.69) is 9.98 Å². The fourth-order valence-electron chi connectivity index (χ4n) is 3.94. The molecule has 8 heteroatoms. The number of nitrogens with two attached hydrogens (primary N) is 2. The van der Waals surface area contributed by atoms with E-state index < -0.39 is 11.4 Å². The molecule has 0 aliphatic heterocycles. The summed E-state index contributed by atoms with van der Waals surface area (Å²) in [4.78, 5) is 20.0. The number of halogens is 1. The zero-order chi connectivity index (χ0) is 23.0. The summed E-state index contributed by atoms with van der Waals surface area (Å²) in [5.41, 5.74) is 13.4. The lowest BCUT2D eigenvalue weighted by Gasteiger charge is -2.38. The lowest BCUT2D eigenvalue weighted by Crippen LogP contribution is -2.44. The Kier molecular flexibility index (Phi) is 5.28. The third-order valence-electron chi connectivity index (χ3n) is 5.59. The highest BCUT2D eigenvalue weighted by Crippen LogP contribution is 2.34. The summed E-state index contributed by atoms with van der Waals surface area (Å²) in [6.07, 6.45) is 0.929. The van der Waals surface area contributed by atoms with Gasteiger partial charge in [-0.25, -0.2) is 4.39 Å². The number of H-pyrrole nitrogens is 1. The maximum Gasteiger partial charge on any atom is 0.190 e. The second-order valence-electron chi connectivity index (χ2n) is 8.29. The molecule has 6 N–H and O–H groups in total. The van der Waals surface area contributed by atoms with Gasteiger partial charge in [0.1, 0.15) is 23.3 Å². The van der Waals surface area contributed by atoms with E-state index in [-0.39, 0.29) is 28.6 Å². The first-order valence-electron chi connectivity index (χ1n) is 10.1. The minimum atomic E-state index is -0.764. The number of hydrogen-bond donors (Lipinski definition) is 4. The summed E-state index contributed by atoms with van der Waals surface area (Å²) in [5.74, 6) is -0.404. The van der Waals surface area contributed by atoms with Gasteiger partial charge in [-0.15, -0.1) is 0 Å². The van der Waals surface area contributed by atoms with E-state index in [1.807, 2.05) is 6.07 Å². The average Bonchev–Trinajstić information content (AvgIpc) is 2.72. The van der Waals surface area contributed by atoms with Gasteiger partial charge >= 0.3 is 0 Å². The Balaban J connectivity index is 1.75. The predicted molar refractivity (Wildman–Crippen MR) is 122 cm³/mol. The summed E-state index contributed by atoms with van der Waals surface area (Å²) >= 11 is 0. The smallest absolute Gasteiger partial charge is 0.190 e. The molecule has 0 bridgehead atoms. The van der Waals surface area contributed by atoms with E-state index in [1.54, 1.807) is 37.3 Å². The molecule has 0 unspecified atom stereocenters. The maximum atomic E-state index is 13.6. The molecule has 3 aromatic rings. The fraction of sp³-hybridized carbons (Fsp3) is 0.208. The summed E-state index contributed by atoms with van der Waals surface area (Å²) in [7, 11) is 0. The van der Waals surface area contributed by atoms with Gasteiger partial charge in [-0.05, 0) is 44.0 Å². The quantitative estimate of drug-likeness (QED) is 0.286. The molecule has 162 valence electrons. The van der Waals surface area contributed by atoms with Gasteiger partial charge in [-0.1, -0.05) is 18.2 Å². The van der Waals surface area contributed by atoms with E-state index in [1.165, 1.54) is 18.2 Å². The van der Waals surface area contributed by atoms with Gasteiger partial charge in [0.25, 0.3) is 0 Å². The second kappa shape index (κ2) is 7.94. The Morgan fingerprint density at radius 3 is 2.66 bits per heavy atom. The molecule has 32 heavy (non-hydrogen) atoms. The van der Waals surface area contributed by atoms with E-state index in [0.717, 1.165) is 0 Å². The van der Waals surface area contributed by atoms with Crippen molar-refractivity contribution in [3.8, 4) is 17.3 Å². The number of nitrogens with zero attached hydrogens (tertiary/aromatic N) is 2. The number of fused-ring (bicyclic) bond motifs is 1. The highest BCUT2D eigenvalue weighted by molar-refractivity contribution is 6.07. The Labute approximate surface area is 183 Å².